The Morgan fingerprint density at radius 1 is 1.35 bits per heavy atom. The molecule has 1 aliphatic carbocycles. The largest absolute Gasteiger partial charge is 0.383 e. The Kier molecular flexibility index (Phi) is 3.56. The van der Waals surface area contributed by atoms with Crippen molar-refractivity contribution in [3.05, 3.63) is 11.9 Å². The lowest BCUT2D eigenvalue weighted by Gasteiger charge is -2.24. The van der Waals surface area contributed by atoms with Gasteiger partial charge in [0.25, 0.3) is 0 Å². The van der Waals surface area contributed by atoms with Crippen LogP contribution in [0.5, 0.6) is 0 Å². The predicted octanol–water partition coefficient (Wildman–Crippen LogP) is 2.19. The lowest BCUT2D eigenvalue weighted by Crippen LogP contribution is -2.24. The van der Waals surface area contributed by atoms with Gasteiger partial charge < -0.3 is 16.5 Å². The second kappa shape index (κ2) is 5.12. The molecule has 0 aliphatic heterocycles. The van der Waals surface area contributed by atoms with Gasteiger partial charge >= 0.3 is 0 Å². The van der Waals surface area contributed by atoms with Gasteiger partial charge in [0.2, 0.25) is 0 Å². The zero-order valence-electron chi connectivity index (χ0n) is 10.2. The number of rotatable bonds is 3. The van der Waals surface area contributed by atoms with Crippen LogP contribution in [0.2, 0.25) is 0 Å². The first-order valence-electron chi connectivity index (χ1n) is 6.11. The SMILES string of the molecule is CC(=N)c1c(N)ncnc1NC1CCCCC1. The van der Waals surface area contributed by atoms with E-state index in [1.807, 2.05) is 0 Å². The van der Waals surface area contributed by atoms with Gasteiger partial charge in [-0.3, -0.25) is 0 Å². The van der Waals surface area contributed by atoms with Crippen molar-refractivity contribution >= 4 is 17.3 Å². The smallest absolute Gasteiger partial charge is 0.140 e. The van der Waals surface area contributed by atoms with Crippen molar-refractivity contribution < 1.29 is 0 Å². The van der Waals surface area contributed by atoms with Crippen LogP contribution >= 0.6 is 0 Å². The Morgan fingerprint density at radius 2 is 2.06 bits per heavy atom. The third-order valence-corrected chi connectivity index (χ3v) is 3.20. The van der Waals surface area contributed by atoms with E-state index in [9.17, 15) is 0 Å². The Hall–Kier alpha value is -1.65. The quantitative estimate of drug-likeness (QED) is 0.698. The molecular formula is C12H19N5. The van der Waals surface area contributed by atoms with Gasteiger partial charge in [-0.25, -0.2) is 9.97 Å². The fraction of sp³-hybridized carbons (Fsp3) is 0.583. The summed E-state index contributed by atoms with van der Waals surface area (Å²) in [7, 11) is 0. The molecule has 1 saturated carbocycles. The Labute approximate surface area is 101 Å². The molecule has 0 spiro atoms. The first-order chi connectivity index (χ1) is 8.18. The summed E-state index contributed by atoms with van der Waals surface area (Å²) in [6.07, 6.45) is 7.63. The standard InChI is InChI=1S/C12H19N5/c1-8(13)10-11(14)15-7-16-12(10)17-9-5-3-2-4-6-9/h7,9,13H,2-6H2,1H3,(H3,14,15,16,17). The number of hydrogen-bond acceptors (Lipinski definition) is 5. The maximum Gasteiger partial charge on any atom is 0.140 e. The van der Waals surface area contributed by atoms with Crippen LogP contribution in [0, 0.1) is 5.41 Å². The van der Waals surface area contributed by atoms with Crippen molar-refractivity contribution in [1.82, 2.24) is 9.97 Å². The summed E-state index contributed by atoms with van der Waals surface area (Å²) in [6, 6.07) is 0.455. The van der Waals surface area contributed by atoms with Crippen LogP contribution < -0.4 is 11.1 Å². The van der Waals surface area contributed by atoms with Crippen LogP contribution in [0.3, 0.4) is 0 Å². The lowest BCUT2D eigenvalue weighted by molar-refractivity contribution is 0.462. The fourth-order valence-electron chi connectivity index (χ4n) is 2.32. The van der Waals surface area contributed by atoms with E-state index in [0.717, 1.165) is 0 Å². The third-order valence-electron chi connectivity index (χ3n) is 3.20. The van der Waals surface area contributed by atoms with Gasteiger partial charge in [-0.2, -0.15) is 0 Å². The van der Waals surface area contributed by atoms with Crippen molar-refractivity contribution in [3.63, 3.8) is 0 Å². The maximum atomic E-state index is 7.73. The minimum atomic E-state index is 0.380. The highest BCUT2D eigenvalue weighted by Crippen LogP contribution is 2.24. The van der Waals surface area contributed by atoms with Crippen molar-refractivity contribution in [2.45, 2.75) is 45.1 Å². The molecule has 0 atom stereocenters. The monoisotopic (exact) mass is 233 g/mol. The highest BCUT2D eigenvalue weighted by molar-refractivity contribution is 6.04. The van der Waals surface area contributed by atoms with E-state index in [-0.39, 0.29) is 0 Å². The molecule has 1 aromatic heterocycles. The molecule has 17 heavy (non-hydrogen) atoms. The molecule has 0 bridgehead atoms. The zero-order valence-corrected chi connectivity index (χ0v) is 10.2. The molecule has 0 unspecified atom stereocenters. The summed E-state index contributed by atoms with van der Waals surface area (Å²) in [5.41, 5.74) is 6.84. The van der Waals surface area contributed by atoms with Gasteiger partial charge in [-0.05, 0) is 19.8 Å². The minimum absolute atomic E-state index is 0.380. The number of nitrogens with zero attached hydrogens (tertiary/aromatic N) is 2. The zero-order chi connectivity index (χ0) is 12.3. The Balaban J connectivity index is 2.19. The molecule has 5 nitrogen and oxygen atoms in total. The lowest BCUT2D eigenvalue weighted by atomic mass is 9.95. The highest BCUT2D eigenvalue weighted by atomic mass is 15.1. The van der Waals surface area contributed by atoms with E-state index >= 15 is 0 Å². The summed E-state index contributed by atoms with van der Waals surface area (Å²) in [6.45, 7) is 1.71. The number of hydrogen-bond donors (Lipinski definition) is 3. The van der Waals surface area contributed by atoms with Crippen molar-refractivity contribution in [2.24, 2.45) is 0 Å². The first kappa shape index (κ1) is 11.8. The van der Waals surface area contributed by atoms with Gasteiger partial charge in [0.15, 0.2) is 0 Å². The van der Waals surface area contributed by atoms with Crippen molar-refractivity contribution in [3.8, 4) is 0 Å². The topological polar surface area (TPSA) is 87.7 Å². The molecule has 0 amide bonds. The fourth-order valence-corrected chi connectivity index (χ4v) is 2.32. The van der Waals surface area contributed by atoms with Crippen LogP contribution in [-0.4, -0.2) is 21.7 Å². The number of nitrogens with one attached hydrogen (secondary N) is 2. The van der Waals surface area contributed by atoms with Gasteiger partial charge in [0.05, 0.1) is 5.56 Å². The molecule has 0 radical (unpaired) electrons. The molecule has 5 heteroatoms. The third kappa shape index (κ3) is 2.72. The van der Waals surface area contributed by atoms with Gasteiger partial charge in [-0.1, -0.05) is 19.3 Å². The molecule has 1 fully saturated rings. The van der Waals surface area contributed by atoms with Crippen LogP contribution in [-0.2, 0) is 0 Å². The second-order valence-corrected chi connectivity index (χ2v) is 4.59. The average Bonchev–Trinajstić information content (AvgIpc) is 2.30. The van der Waals surface area contributed by atoms with E-state index < -0.39 is 0 Å². The minimum Gasteiger partial charge on any atom is -0.383 e. The molecule has 1 aromatic rings. The second-order valence-electron chi connectivity index (χ2n) is 4.59. The number of anilines is 2. The van der Waals surface area contributed by atoms with Crippen LogP contribution in [0.25, 0.3) is 0 Å². The first-order valence-corrected chi connectivity index (χ1v) is 6.11. The van der Waals surface area contributed by atoms with E-state index in [4.69, 9.17) is 11.1 Å². The maximum absolute atomic E-state index is 7.73. The van der Waals surface area contributed by atoms with Crippen LogP contribution in [0.15, 0.2) is 6.33 Å². The molecule has 0 saturated heterocycles. The van der Waals surface area contributed by atoms with Crippen molar-refractivity contribution in [2.75, 3.05) is 11.1 Å². The van der Waals surface area contributed by atoms with E-state index in [2.05, 4.69) is 15.3 Å². The molecule has 0 aromatic carbocycles. The van der Waals surface area contributed by atoms with Gasteiger partial charge in [0.1, 0.15) is 18.0 Å². The molecular weight excluding hydrogens is 214 g/mol. The number of nitrogen functional groups attached to an aromatic ring is 1. The van der Waals surface area contributed by atoms with Crippen LogP contribution in [0.1, 0.15) is 44.6 Å². The Morgan fingerprint density at radius 3 is 2.71 bits per heavy atom. The van der Waals surface area contributed by atoms with Crippen molar-refractivity contribution in [1.29, 1.82) is 5.41 Å². The van der Waals surface area contributed by atoms with Gasteiger partial charge in [-0.15, -0.1) is 0 Å². The molecule has 4 N–H and O–H groups in total. The molecule has 1 heterocycles. The van der Waals surface area contributed by atoms with E-state index in [1.165, 1.54) is 38.4 Å². The number of aromatic nitrogens is 2. The summed E-state index contributed by atoms with van der Waals surface area (Å²) in [5.74, 6) is 1.09. The van der Waals surface area contributed by atoms with Gasteiger partial charge in [0, 0.05) is 11.8 Å². The average molecular weight is 233 g/mol. The molecule has 92 valence electrons. The highest BCUT2D eigenvalue weighted by Gasteiger charge is 2.17. The summed E-state index contributed by atoms with van der Waals surface area (Å²) in [5, 5.41) is 11.1. The number of nitrogens with two attached hydrogens (primary N) is 1. The normalized spacial score (nSPS) is 16.8. The van der Waals surface area contributed by atoms with E-state index in [1.54, 1.807) is 6.92 Å². The van der Waals surface area contributed by atoms with Crippen LogP contribution in [0.4, 0.5) is 11.6 Å². The molecule has 2 rings (SSSR count). The summed E-state index contributed by atoms with van der Waals surface area (Å²) >= 11 is 0. The Bertz CT molecular complexity index is 409. The summed E-state index contributed by atoms with van der Waals surface area (Å²) < 4.78 is 0. The predicted molar refractivity (Wildman–Crippen MR) is 69.4 cm³/mol. The van der Waals surface area contributed by atoms with E-state index in [0.29, 0.717) is 29.0 Å². The molecule has 1 aliphatic rings. The summed E-state index contributed by atoms with van der Waals surface area (Å²) in [4.78, 5) is 8.15.